The summed E-state index contributed by atoms with van der Waals surface area (Å²) in [6, 6.07) is 0. The lowest BCUT2D eigenvalue weighted by Gasteiger charge is -2.39. The van der Waals surface area contributed by atoms with E-state index in [9.17, 15) is 4.79 Å². The average Bonchev–Trinajstić information content (AvgIpc) is 2.13. The second-order valence-electron chi connectivity index (χ2n) is 5.55. The molecule has 1 aliphatic carbocycles. The molecule has 0 spiro atoms. The van der Waals surface area contributed by atoms with E-state index in [1.807, 2.05) is 20.8 Å². The second-order valence-corrected chi connectivity index (χ2v) is 5.55. The lowest BCUT2D eigenvalue weighted by molar-refractivity contribution is -0.176. The van der Waals surface area contributed by atoms with Crippen LogP contribution in [0.4, 0.5) is 0 Å². The molecule has 0 aromatic carbocycles. The number of aliphatic hydroxyl groups is 1. The van der Waals surface area contributed by atoms with Gasteiger partial charge in [0, 0.05) is 6.61 Å². The van der Waals surface area contributed by atoms with Gasteiger partial charge in [0.1, 0.15) is 0 Å². The molecule has 4 heteroatoms. The molecule has 1 unspecified atom stereocenters. The van der Waals surface area contributed by atoms with Gasteiger partial charge in [-0.05, 0) is 24.2 Å². The molecule has 0 aromatic heterocycles. The summed E-state index contributed by atoms with van der Waals surface area (Å²) in [5.74, 6) is 0.0169. The molecule has 0 bridgehead atoms. The molecule has 1 saturated carbocycles. The quantitative estimate of drug-likeness (QED) is 0.741. The molecule has 0 radical (unpaired) electrons. The highest BCUT2D eigenvalue weighted by molar-refractivity contribution is 5.75. The second kappa shape index (κ2) is 5.15. The molecule has 1 aliphatic rings. The van der Waals surface area contributed by atoms with E-state index < -0.39 is 6.10 Å². The first-order valence-electron chi connectivity index (χ1n) is 5.72. The van der Waals surface area contributed by atoms with E-state index in [0.717, 1.165) is 12.8 Å². The minimum Gasteiger partial charge on any atom is -0.467 e. The fourth-order valence-electron chi connectivity index (χ4n) is 1.85. The van der Waals surface area contributed by atoms with Crippen LogP contribution in [0.15, 0.2) is 0 Å². The highest BCUT2D eigenvalue weighted by Gasteiger charge is 2.39. The van der Waals surface area contributed by atoms with E-state index in [4.69, 9.17) is 14.6 Å². The van der Waals surface area contributed by atoms with E-state index in [1.54, 1.807) is 0 Å². The summed E-state index contributed by atoms with van der Waals surface area (Å²) in [4.78, 5) is 11.6. The predicted octanol–water partition coefficient (Wildman–Crippen LogP) is 1.36. The van der Waals surface area contributed by atoms with Crippen LogP contribution < -0.4 is 0 Å². The van der Waals surface area contributed by atoms with Crippen LogP contribution in [0.3, 0.4) is 0 Å². The van der Waals surface area contributed by atoms with Crippen molar-refractivity contribution >= 4 is 5.97 Å². The van der Waals surface area contributed by atoms with Crippen molar-refractivity contribution in [3.05, 3.63) is 0 Å². The molecule has 16 heavy (non-hydrogen) atoms. The third kappa shape index (κ3) is 3.19. The van der Waals surface area contributed by atoms with Gasteiger partial charge >= 0.3 is 5.97 Å². The van der Waals surface area contributed by atoms with Gasteiger partial charge in [-0.15, -0.1) is 0 Å². The van der Waals surface area contributed by atoms with Crippen molar-refractivity contribution in [3.63, 3.8) is 0 Å². The maximum Gasteiger partial charge on any atom is 0.335 e. The summed E-state index contributed by atoms with van der Waals surface area (Å²) in [5.41, 5.74) is -0.266. The summed E-state index contributed by atoms with van der Waals surface area (Å²) in [6.07, 6.45) is 1.22. The van der Waals surface area contributed by atoms with Crippen LogP contribution in [0.5, 0.6) is 0 Å². The first kappa shape index (κ1) is 13.5. The topological polar surface area (TPSA) is 55.8 Å². The largest absolute Gasteiger partial charge is 0.467 e. The summed E-state index contributed by atoms with van der Waals surface area (Å²) < 4.78 is 10.5. The van der Waals surface area contributed by atoms with Gasteiger partial charge in [0.25, 0.3) is 0 Å². The molecule has 0 aromatic rings. The van der Waals surface area contributed by atoms with Gasteiger partial charge in [-0.2, -0.15) is 0 Å². The molecular weight excluding hydrogens is 208 g/mol. The molecule has 0 aliphatic heterocycles. The van der Waals surface area contributed by atoms with Crippen LogP contribution in [-0.4, -0.2) is 37.0 Å². The fourth-order valence-corrected chi connectivity index (χ4v) is 1.85. The van der Waals surface area contributed by atoms with Crippen LogP contribution in [0, 0.1) is 11.3 Å². The van der Waals surface area contributed by atoms with Crippen molar-refractivity contribution in [1.29, 1.82) is 0 Å². The number of hydrogen-bond acceptors (Lipinski definition) is 4. The number of rotatable bonds is 4. The SMILES string of the molecule is COC(=O)C(OC1CC(CO)C1)C(C)(C)C. The number of methoxy groups -OCH3 is 1. The molecule has 0 amide bonds. The number of hydrogen-bond donors (Lipinski definition) is 1. The Hall–Kier alpha value is -0.610. The monoisotopic (exact) mass is 230 g/mol. The van der Waals surface area contributed by atoms with E-state index >= 15 is 0 Å². The van der Waals surface area contributed by atoms with Crippen LogP contribution in [0.25, 0.3) is 0 Å². The Labute approximate surface area is 96.9 Å². The summed E-state index contributed by atoms with van der Waals surface area (Å²) >= 11 is 0. The third-order valence-corrected chi connectivity index (χ3v) is 2.98. The van der Waals surface area contributed by atoms with E-state index in [2.05, 4.69) is 0 Å². The van der Waals surface area contributed by atoms with Crippen molar-refractivity contribution in [1.82, 2.24) is 0 Å². The zero-order chi connectivity index (χ0) is 12.3. The lowest BCUT2D eigenvalue weighted by Crippen LogP contribution is -2.44. The van der Waals surface area contributed by atoms with Crippen molar-refractivity contribution in [2.24, 2.45) is 11.3 Å². The van der Waals surface area contributed by atoms with Crippen molar-refractivity contribution in [2.75, 3.05) is 13.7 Å². The van der Waals surface area contributed by atoms with Gasteiger partial charge in [0.05, 0.1) is 13.2 Å². The first-order chi connectivity index (χ1) is 7.38. The first-order valence-corrected chi connectivity index (χ1v) is 5.72. The third-order valence-electron chi connectivity index (χ3n) is 2.98. The molecule has 1 fully saturated rings. The molecule has 1 rings (SSSR count). The van der Waals surface area contributed by atoms with Crippen LogP contribution in [0.1, 0.15) is 33.6 Å². The lowest BCUT2D eigenvalue weighted by atomic mass is 9.82. The fraction of sp³-hybridized carbons (Fsp3) is 0.917. The molecule has 1 atom stereocenters. The Morgan fingerprint density at radius 2 is 2.00 bits per heavy atom. The minimum atomic E-state index is -0.526. The van der Waals surface area contributed by atoms with Crippen LogP contribution in [0.2, 0.25) is 0 Å². The molecule has 0 heterocycles. The molecule has 94 valence electrons. The number of esters is 1. The van der Waals surface area contributed by atoms with Crippen LogP contribution >= 0.6 is 0 Å². The van der Waals surface area contributed by atoms with E-state index in [-0.39, 0.29) is 24.1 Å². The van der Waals surface area contributed by atoms with Gasteiger partial charge in [-0.3, -0.25) is 0 Å². The molecule has 4 nitrogen and oxygen atoms in total. The van der Waals surface area contributed by atoms with Crippen molar-refractivity contribution in [2.45, 2.75) is 45.8 Å². The predicted molar refractivity (Wildman–Crippen MR) is 59.9 cm³/mol. The van der Waals surface area contributed by atoms with Crippen LogP contribution in [-0.2, 0) is 14.3 Å². The van der Waals surface area contributed by atoms with Gasteiger partial charge < -0.3 is 14.6 Å². The highest BCUT2D eigenvalue weighted by atomic mass is 16.6. The number of carbonyl (C=O) groups excluding carboxylic acids is 1. The number of carbonyl (C=O) groups is 1. The minimum absolute atomic E-state index is 0.0838. The van der Waals surface area contributed by atoms with Gasteiger partial charge in [0.2, 0.25) is 0 Å². The highest BCUT2D eigenvalue weighted by Crippen LogP contribution is 2.34. The van der Waals surface area contributed by atoms with Gasteiger partial charge in [0.15, 0.2) is 6.10 Å². The zero-order valence-corrected chi connectivity index (χ0v) is 10.5. The standard InChI is InChI=1S/C12H22O4/c1-12(2,3)10(11(14)15-4)16-9-5-8(6-9)7-13/h8-10,13H,5-7H2,1-4H3. The summed E-state index contributed by atoms with van der Waals surface area (Å²) in [7, 11) is 1.38. The summed E-state index contributed by atoms with van der Waals surface area (Å²) in [6.45, 7) is 6.07. The van der Waals surface area contributed by atoms with Gasteiger partial charge in [-0.1, -0.05) is 20.8 Å². The van der Waals surface area contributed by atoms with Gasteiger partial charge in [-0.25, -0.2) is 4.79 Å². The normalized spacial score (nSPS) is 27.1. The number of aliphatic hydroxyl groups excluding tert-OH is 1. The summed E-state index contributed by atoms with van der Waals surface area (Å²) in [5, 5.41) is 8.91. The van der Waals surface area contributed by atoms with Crippen molar-refractivity contribution in [3.8, 4) is 0 Å². The van der Waals surface area contributed by atoms with Crippen molar-refractivity contribution < 1.29 is 19.4 Å². The molecular formula is C12H22O4. The Kier molecular flexibility index (Phi) is 4.33. The van der Waals surface area contributed by atoms with E-state index in [1.165, 1.54) is 7.11 Å². The Morgan fingerprint density at radius 1 is 1.44 bits per heavy atom. The number of ether oxygens (including phenoxy) is 2. The van der Waals surface area contributed by atoms with E-state index in [0.29, 0.717) is 5.92 Å². The Bertz CT molecular complexity index is 238. The maximum absolute atomic E-state index is 11.6. The molecule has 1 N–H and O–H groups in total. The molecule has 0 saturated heterocycles. The zero-order valence-electron chi connectivity index (χ0n) is 10.5. The smallest absolute Gasteiger partial charge is 0.335 e. The maximum atomic E-state index is 11.6. The average molecular weight is 230 g/mol. The Balaban J connectivity index is 2.50. The Morgan fingerprint density at radius 3 is 2.38 bits per heavy atom.